The van der Waals surface area contributed by atoms with E-state index < -0.39 is 49.5 Å². The van der Waals surface area contributed by atoms with E-state index in [4.69, 9.17) is 14.2 Å². The van der Waals surface area contributed by atoms with Gasteiger partial charge in [0.2, 0.25) is 0 Å². The molecule has 0 saturated heterocycles. The number of Topliss-reactive ketones (excluding diaryl/α,β-unsaturated/α-hetero) is 1. The molecule has 0 aromatic heterocycles. The molecule has 0 aliphatic rings. The summed E-state index contributed by atoms with van der Waals surface area (Å²) in [6.07, 6.45) is -3.18. The molecule has 0 N–H and O–H groups in total. The van der Waals surface area contributed by atoms with Gasteiger partial charge in [-0.1, -0.05) is 0 Å². The van der Waals surface area contributed by atoms with Crippen LogP contribution in [0.15, 0.2) is 0 Å². The van der Waals surface area contributed by atoms with Crippen LogP contribution in [0.3, 0.4) is 0 Å². The van der Waals surface area contributed by atoms with E-state index in [0.29, 0.717) is 0 Å². The number of hydrogen-bond donors (Lipinski definition) is 0. The van der Waals surface area contributed by atoms with E-state index in [2.05, 4.69) is 14.2 Å². The Bertz CT molecular complexity index is 514. The Morgan fingerprint density at radius 1 is 0.769 bits per heavy atom. The predicted molar refractivity (Wildman–Crippen MR) is 81.9 cm³/mol. The number of hydrogen-bond acceptors (Lipinski definition) is 11. The van der Waals surface area contributed by atoms with Crippen LogP contribution in [0.25, 0.3) is 0 Å². The normalized spacial score (nSPS) is 12.3. The molecule has 0 amide bonds. The Balaban J connectivity index is 3.88. The zero-order valence-corrected chi connectivity index (χ0v) is 15.0. The molecule has 0 aromatic rings. The van der Waals surface area contributed by atoms with Crippen molar-refractivity contribution in [3.63, 3.8) is 0 Å². The predicted octanol–water partition coefficient (Wildman–Crippen LogP) is -0.218. The number of rotatable bonds is 11. The second-order valence-corrected chi connectivity index (χ2v) is 4.87. The van der Waals surface area contributed by atoms with Crippen LogP contribution in [0.1, 0.15) is 20.8 Å². The second-order valence-electron chi connectivity index (χ2n) is 4.87. The third-order valence-corrected chi connectivity index (χ3v) is 2.60. The summed E-state index contributed by atoms with van der Waals surface area (Å²) in [5.74, 6) is -2.84. The van der Waals surface area contributed by atoms with Gasteiger partial charge in [0.05, 0.1) is 0 Å². The third-order valence-electron chi connectivity index (χ3n) is 2.60. The molecule has 26 heavy (non-hydrogen) atoms. The molecule has 0 aromatic carbocycles. The van der Waals surface area contributed by atoms with E-state index in [9.17, 15) is 24.0 Å². The average molecular weight is 378 g/mol. The van der Waals surface area contributed by atoms with Crippen molar-refractivity contribution >= 4 is 29.8 Å². The topological polar surface area (TPSA) is 141 Å². The minimum atomic E-state index is -1.19. The van der Waals surface area contributed by atoms with E-state index in [1.54, 1.807) is 0 Å². The van der Waals surface area contributed by atoms with Gasteiger partial charge in [-0.05, 0) is 20.8 Å². The van der Waals surface area contributed by atoms with E-state index in [0.717, 1.165) is 0 Å². The third kappa shape index (κ3) is 11.0. The summed E-state index contributed by atoms with van der Waals surface area (Å²) in [5, 5.41) is 0. The molecular formula is C15H22O11. The van der Waals surface area contributed by atoms with Crippen LogP contribution in [0.4, 0.5) is 4.79 Å². The largest absolute Gasteiger partial charge is 0.508 e. The molecule has 0 radical (unpaired) electrons. The van der Waals surface area contributed by atoms with Crippen molar-refractivity contribution in [2.75, 3.05) is 33.5 Å². The SMILES string of the molecule is COC(C)C(=O)OC(C)C(=O)OCCOC(=O)OCC(=O)OCC(C)=O. The molecule has 11 heteroatoms. The van der Waals surface area contributed by atoms with Gasteiger partial charge in [0.25, 0.3) is 0 Å². The first-order valence-corrected chi connectivity index (χ1v) is 7.51. The van der Waals surface area contributed by atoms with Gasteiger partial charge in [-0.15, -0.1) is 0 Å². The van der Waals surface area contributed by atoms with Crippen LogP contribution in [0.5, 0.6) is 0 Å². The van der Waals surface area contributed by atoms with Crippen LogP contribution < -0.4 is 0 Å². The maximum Gasteiger partial charge on any atom is 0.508 e. The molecular weight excluding hydrogens is 356 g/mol. The van der Waals surface area contributed by atoms with Gasteiger partial charge in [-0.3, -0.25) is 4.79 Å². The van der Waals surface area contributed by atoms with Crippen molar-refractivity contribution in [3.8, 4) is 0 Å². The molecule has 11 nitrogen and oxygen atoms in total. The minimum Gasteiger partial charge on any atom is -0.459 e. The van der Waals surface area contributed by atoms with Crippen LogP contribution in [0, 0.1) is 0 Å². The molecule has 0 saturated carbocycles. The average Bonchev–Trinajstić information content (AvgIpc) is 2.60. The minimum absolute atomic E-state index is 0.315. The molecule has 2 unspecified atom stereocenters. The van der Waals surface area contributed by atoms with Crippen molar-refractivity contribution in [1.82, 2.24) is 0 Å². The standard InChI is InChI=1S/C15H22O11/c1-9(16)7-24-12(17)8-25-15(20)23-6-5-22-13(18)11(3)26-14(19)10(2)21-4/h10-11H,5-8H2,1-4H3. The van der Waals surface area contributed by atoms with Crippen molar-refractivity contribution in [3.05, 3.63) is 0 Å². The number of carbonyl (C=O) groups is 5. The van der Waals surface area contributed by atoms with Gasteiger partial charge < -0.3 is 28.4 Å². The highest BCUT2D eigenvalue weighted by atomic mass is 16.7. The zero-order valence-electron chi connectivity index (χ0n) is 15.0. The van der Waals surface area contributed by atoms with Gasteiger partial charge >= 0.3 is 24.1 Å². The van der Waals surface area contributed by atoms with Crippen molar-refractivity contribution < 1.29 is 52.4 Å². The van der Waals surface area contributed by atoms with E-state index in [1.807, 2.05) is 0 Å². The summed E-state index contributed by atoms with van der Waals surface area (Å²) in [4.78, 5) is 55.8. The molecule has 2 atom stereocenters. The number of ether oxygens (including phenoxy) is 6. The van der Waals surface area contributed by atoms with Crippen LogP contribution in [-0.4, -0.2) is 75.6 Å². The fourth-order valence-corrected chi connectivity index (χ4v) is 1.18. The monoisotopic (exact) mass is 378 g/mol. The Labute approximate surface area is 149 Å². The highest BCUT2D eigenvalue weighted by Gasteiger charge is 2.22. The smallest absolute Gasteiger partial charge is 0.459 e. The number of methoxy groups -OCH3 is 1. The number of carbonyl (C=O) groups excluding carboxylic acids is 5. The lowest BCUT2D eigenvalue weighted by molar-refractivity contribution is -0.172. The first-order valence-electron chi connectivity index (χ1n) is 7.51. The zero-order chi connectivity index (χ0) is 20.1. The second kappa shape index (κ2) is 12.6. The summed E-state index contributed by atoms with van der Waals surface area (Å²) < 4.78 is 27.7. The van der Waals surface area contributed by atoms with Crippen molar-refractivity contribution in [1.29, 1.82) is 0 Å². The Hall–Kier alpha value is -2.69. The van der Waals surface area contributed by atoms with Crippen molar-refractivity contribution in [2.24, 2.45) is 0 Å². The van der Waals surface area contributed by atoms with Crippen LogP contribution >= 0.6 is 0 Å². The summed E-state index contributed by atoms with van der Waals surface area (Å²) >= 11 is 0. The molecule has 0 spiro atoms. The summed E-state index contributed by atoms with van der Waals surface area (Å²) in [6, 6.07) is 0. The van der Waals surface area contributed by atoms with Crippen LogP contribution in [-0.2, 0) is 47.6 Å². The van der Waals surface area contributed by atoms with Gasteiger partial charge in [0, 0.05) is 7.11 Å². The molecule has 0 fully saturated rings. The first kappa shape index (κ1) is 23.3. The Morgan fingerprint density at radius 2 is 1.38 bits per heavy atom. The molecule has 0 aliphatic carbocycles. The summed E-state index contributed by atoms with van der Waals surface area (Å²) in [6.45, 7) is 2.19. The highest BCUT2D eigenvalue weighted by Crippen LogP contribution is 2.00. The molecule has 0 heterocycles. The number of esters is 3. The maximum atomic E-state index is 11.6. The fraction of sp³-hybridized carbons (Fsp3) is 0.667. The van der Waals surface area contributed by atoms with Gasteiger partial charge in [0.1, 0.15) is 19.8 Å². The summed E-state index contributed by atoms with van der Waals surface area (Å²) in [7, 11) is 1.31. The van der Waals surface area contributed by atoms with E-state index >= 15 is 0 Å². The molecule has 148 valence electrons. The Morgan fingerprint density at radius 3 is 1.96 bits per heavy atom. The Kier molecular flexibility index (Phi) is 11.3. The lowest BCUT2D eigenvalue weighted by Gasteiger charge is -2.15. The van der Waals surface area contributed by atoms with Gasteiger partial charge in [0.15, 0.2) is 24.6 Å². The molecule has 0 bridgehead atoms. The fourth-order valence-electron chi connectivity index (χ4n) is 1.18. The molecule has 0 aliphatic heterocycles. The quantitative estimate of drug-likeness (QED) is 0.268. The highest BCUT2D eigenvalue weighted by molar-refractivity contribution is 5.81. The maximum absolute atomic E-state index is 11.6. The summed E-state index contributed by atoms with van der Waals surface area (Å²) in [5.41, 5.74) is 0. The van der Waals surface area contributed by atoms with E-state index in [-0.39, 0.29) is 19.0 Å². The van der Waals surface area contributed by atoms with E-state index in [1.165, 1.54) is 27.9 Å². The lowest BCUT2D eigenvalue weighted by atomic mass is 10.4. The molecule has 0 rings (SSSR count). The number of ketones is 1. The van der Waals surface area contributed by atoms with Crippen molar-refractivity contribution in [2.45, 2.75) is 33.0 Å². The first-order chi connectivity index (χ1) is 12.2. The van der Waals surface area contributed by atoms with Crippen LogP contribution in [0.2, 0.25) is 0 Å². The van der Waals surface area contributed by atoms with Gasteiger partial charge in [-0.2, -0.15) is 0 Å². The lowest BCUT2D eigenvalue weighted by Crippen LogP contribution is -2.32. The van der Waals surface area contributed by atoms with Gasteiger partial charge in [-0.25, -0.2) is 19.2 Å².